The molecule has 0 spiro atoms. The zero-order chi connectivity index (χ0) is 25.1. The second-order valence-electron chi connectivity index (χ2n) is 8.87. The summed E-state index contributed by atoms with van der Waals surface area (Å²) in [6.45, 7) is 0.776. The van der Waals surface area contributed by atoms with Crippen molar-refractivity contribution in [2.75, 3.05) is 30.3 Å². The lowest BCUT2D eigenvalue weighted by atomic mass is 10.1. The molecule has 3 amide bonds. The first-order valence-electron chi connectivity index (χ1n) is 11.9. The number of nitrogens with one attached hydrogen (secondary N) is 2. The first-order chi connectivity index (χ1) is 17.5. The van der Waals surface area contributed by atoms with E-state index in [1.807, 2.05) is 24.3 Å². The number of aryl methyl sites for hydroxylation is 1. The Morgan fingerprint density at radius 1 is 1.08 bits per heavy atom. The zero-order valence-corrected chi connectivity index (χ0v) is 22.0. The highest BCUT2D eigenvalue weighted by atomic mass is 79.9. The van der Waals surface area contributed by atoms with E-state index in [2.05, 4.69) is 26.6 Å². The summed E-state index contributed by atoms with van der Waals surface area (Å²) in [7, 11) is 0. The molecule has 0 radical (unpaired) electrons. The van der Waals surface area contributed by atoms with Gasteiger partial charge in [0.1, 0.15) is 11.5 Å². The van der Waals surface area contributed by atoms with E-state index in [4.69, 9.17) is 9.15 Å². The number of furan rings is 1. The Morgan fingerprint density at radius 3 is 2.64 bits per heavy atom. The third-order valence-corrected chi connectivity index (χ3v) is 8.04. The maximum absolute atomic E-state index is 13.3. The predicted molar refractivity (Wildman–Crippen MR) is 141 cm³/mol. The number of ether oxygens (including phenoxy) is 1. The van der Waals surface area contributed by atoms with Crippen molar-refractivity contribution in [1.82, 2.24) is 4.90 Å². The van der Waals surface area contributed by atoms with Crippen LogP contribution in [-0.2, 0) is 22.4 Å². The Kier molecular flexibility index (Phi) is 7.54. The van der Waals surface area contributed by atoms with E-state index >= 15 is 0 Å². The predicted octanol–water partition coefficient (Wildman–Crippen LogP) is 5.10. The fraction of sp³-hybridized carbons (Fsp3) is 0.346. The number of anilines is 2. The Bertz CT molecular complexity index is 1250. The van der Waals surface area contributed by atoms with E-state index in [0.29, 0.717) is 29.4 Å². The van der Waals surface area contributed by atoms with E-state index in [-0.39, 0.29) is 36.1 Å². The maximum Gasteiger partial charge on any atom is 0.290 e. The summed E-state index contributed by atoms with van der Waals surface area (Å²) >= 11 is 4.84. The summed E-state index contributed by atoms with van der Waals surface area (Å²) in [6, 6.07) is 10.6. The third kappa shape index (κ3) is 5.55. The first-order valence-corrected chi connectivity index (χ1v) is 13.5. The Morgan fingerprint density at radius 2 is 1.92 bits per heavy atom. The molecular weight excluding hydrogens is 546 g/mol. The highest BCUT2D eigenvalue weighted by Crippen LogP contribution is 2.39. The molecule has 3 aromatic rings. The lowest BCUT2D eigenvalue weighted by Crippen LogP contribution is -2.42. The zero-order valence-electron chi connectivity index (χ0n) is 19.6. The molecule has 2 aromatic heterocycles. The molecule has 1 saturated heterocycles. The number of halogens is 1. The van der Waals surface area contributed by atoms with Crippen molar-refractivity contribution >= 4 is 55.7 Å². The summed E-state index contributed by atoms with van der Waals surface area (Å²) in [5.74, 6) is -0.821. The Hall–Kier alpha value is -2.95. The second-order valence-corrected chi connectivity index (χ2v) is 10.9. The van der Waals surface area contributed by atoms with Gasteiger partial charge in [0.25, 0.3) is 11.8 Å². The highest BCUT2D eigenvalue weighted by molar-refractivity contribution is 9.10. The average molecular weight is 572 g/mol. The van der Waals surface area contributed by atoms with Crippen LogP contribution in [0.4, 0.5) is 10.7 Å². The van der Waals surface area contributed by atoms with Crippen LogP contribution in [0, 0.1) is 0 Å². The Labute approximate surface area is 221 Å². The molecule has 1 atom stereocenters. The summed E-state index contributed by atoms with van der Waals surface area (Å²) < 4.78 is 11.9. The van der Waals surface area contributed by atoms with Crippen molar-refractivity contribution in [2.45, 2.75) is 38.2 Å². The first kappa shape index (κ1) is 24.7. The van der Waals surface area contributed by atoms with Gasteiger partial charge in [-0.05, 0) is 74.1 Å². The van der Waals surface area contributed by atoms with Crippen molar-refractivity contribution in [3.8, 4) is 0 Å². The van der Waals surface area contributed by atoms with Gasteiger partial charge in [0.15, 0.2) is 5.76 Å². The quantitative estimate of drug-likeness (QED) is 0.391. The molecule has 1 unspecified atom stereocenters. The normalized spacial score (nSPS) is 16.5. The van der Waals surface area contributed by atoms with Gasteiger partial charge in [0.2, 0.25) is 5.91 Å². The monoisotopic (exact) mass is 571 g/mol. The number of thiophene rings is 1. The van der Waals surface area contributed by atoms with Crippen LogP contribution in [-0.4, -0.2) is 48.4 Å². The van der Waals surface area contributed by atoms with Crippen molar-refractivity contribution < 1.29 is 23.5 Å². The van der Waals surface area contributed by atoms with E-state index in [0.717, 1.165) is 47.0 Å². The van der Waals surface area contributed by atoms with Crippen LogP contribution in [0.5, 0.6) is 0 Å². The van der Waals surface area contributed by atoms with E-state index < -0.39 is 0 Å². The van der Waals surface area contributed by atoms with Gasteiger partial charge in [0.05, 0.1) is 17.9 Å². The molecule has 10 heteroatoms. The highest BCUT2D eigenvalue weighted by Gasteiger charge is 2.30. The smallest absolute Gasteiger partial charge is 0.290 e. The van der Waals surface area contributed by atoms with Crippen molar-refractivity contribution in [2.24, 2.45) is 0 Å². The molecule has 2 N–H and O–H groups in total. The van der Waals surface area contributed by atoms with Gasteiger partial charge in [-0.25, -0.2) is 0 Å². The maximum atomic E-state index is 13.3. The molecule has 5 rings (SSSR count). The second kappa shape index (κ2) is 11.0. The molecule has 1 aliphatic carbocycles. The minimum Gasteiger partial charge on any atom is -0.459 e. The largest absolute Gasteiger partial charge is 0.459 e. The van der Waals surface area contributed by atoms with Gasteiger partial charge < -0.3 is 24.7 Å². The molecular formula is C26H26BrN3O5S. The molecule has 1 fully saturated rings. The molecule has 188 valence electrons. The van der Waals surface area contributed by atoms with E-state index in [1.165, 1.54) is 22.5 Å². The van der Waals surface area contributed by atoms with Crippen LogP contribution in [0.3, 0.4) is 0 Å². The third-order valence-electron chi connectivity index (χ3n) is 6.31. The number of amides is 3. The molecule has 36 heavy (non-hydrogen) atoms. The standard InChI is InChI=1S/C26H26BrN3O5S/c27-16-8-10-17(11-9-16)28-24(32)23-19-5-1-7-21(19)36-25(23)29-22(31)15-30(14-18-4-2-12-34-18)26(33)20-6-3-13-35-20/h3,6,8-11,13,18H,1-2,4-5,7,12,14-15H2,(H,28,32)(H,29,31). The number of benzene rings is 1. The van der Waals surface area contributed by atoms with Gasteiger partial charge in [-0.3, -0.25) is 14.4 Å². The number of carbonyl (C=O) groups is 3. The van der Waals surface area contributed by atoms with Crippen molar-refractivity contribution in [3.63, 3.8) is 0 Å². The van der Waals surface area contributed by atoms with Gasteiger partial charge in [-0.15, -0.1) is 11.3 Å². The van der Waals surface area contributed by atoms with Crippen LogP contribution in [0.25, 0.3) is 0 Å². The van der Waals surface area contributed by atoms with Crippen molar-refractivity contribution in [3.05, 3.63) is 68.9 Å². The lowest BCUT2D eigenvalue weighted by molar-refractivity contribution is -0.117. The van der Waals surface area contributed by atoms with Crippen LogP contribution in [0.15, 0.2) is 51.6 Å². The summed E-state index contributed by atoms with van der Waals surface area (Å²) in [5.41, 5.74) is 2.17. The SMILES string of the molecule is O=C(CN(CC1CCCO1)C(=O)c1ccco1)Nc1sc2c(c1C(=O)Nc1ccc(Br)cc1)CCC2. The van der Waals surface area contributed by atoms with Gasteiger partial charge in [-0.1, -0.05) is 15.9 Å². The summed E-state index contributed by atoms with van der Waals surface area (Å²) in [5, 5.41) is 6.38. The van der Waals surface area contributed by atoms with Gasteiger partial charge >= 0.3 is 0 Å². The van der Waals surface area contributed by atoms with Crippen LogP contribution in [0.1, 0.15) is 50.6 Å². The summed E-state index contributed by atoms with van der Waals surface area (Å²) in [4.78, 5) is 42.0. The van der Waals surface area contributed by atoms with E-state index in [9.17, 15) is 14.4 Å². The molecule has 3 heterocycles. The van der Waals surface area contributed by atoms with Gasteiger partial charge in [0, 0.05) is 28.2 Å². The van der Waals surface area contributed by atoms with E-state index in [1.54, 1.807) is 12.1 Å². The van der Waals surface area contributed by atoms with Crippen LogP contribution >= 0.6 is 27.3 Å². The number of nitrogens with zero attached hydrogens (tertiary/aromatic N) is 1. The minimum atomic E-state index is -0.370. The minimum absolute atomic E-state index is 0.116. The number of rotatable bonds is 8. The Balaban J connectivity index is 1.33. The van der Waals surface area contributed by atoms with Crippen molar-refractivity contribution in [1.29, 1.82) is 0 Å². The number of hydrogen-bond donors (Lipinski definition) is 2. The fourth-order valence-corrected chi connectivity index (χ4v) is 6.18. The topological polar surface area (TPSA) is 101 Å². The number of hydrogen-bond acceptors (Lipinski definition) is 6. The van der Waals surface area contributed by atoms with Gasteiger partial charge in [-0.2, -0.15) is 0 Å². The number of carbonyl (C=O) groups excluding carboxylic acids is 3. The molecule has 2 aliphatic rings. The molecule has 0 saturated carbocycles. The molecule has 0 bridgehead atoms. The molecule has 1 aliphatic heterocycles. The fourth-order valence-electron chi connectivity index (χ4n) is 4.61. The molecule has 8 nitrogen and oxygen atoms in total. The lowest BCUT2D eigenvalue weighted by Gasteiger charge is -2.24. The van der Waals surface area contributed by atoms with Crippen LogP contribution < -0.4 is 10.6 Å². The summed E-state index contributed by atoms with van der Waals surface area (Å²) in [6.07, 6.45) is 5.75. The number of fused-ring (bicyclic) bond motifs is 1. The molecule has 1 aromatic carbocycles. The van der Waals surface area contributed by atoms with Crippen LogP contribution in [0.2, 0.25) is 0 Å². The average Bonchev–Trinajstić information content (AvgIpc) is 3.65.